The van der Waals surface area contributed by atoms with E-state index in [4.69, 9.17) is 23.7 Å². The van der Waals surface area contributed by atoms with Crippen LogP contribution in [0.5, 0.6) is 0 Å². The Morgan fingerprint density at radius 2 is 1.20 bits per heavy atom. The number of ether oxygens (including phenoxy) is 5. The second kappa shape index (κ2) is 8.97. The van der Waals surface area contributed by atoms with Crippen molar-refractivity contribution in [2.75, 3.05) is 27.4 Å². The van der Waals surface area contributed by atoms with Crippen molar-refractivity contribution in [1.82, 2.24) is 0 Å². The SMILES string of the molecule is COC1OC(C[O-])C(OC2OC(C[O-])C(OC)C(O)C2O)C(O)C1O. The third kappa shape index (κ3) is 4.12. The maximum absolute atomic E-state index is 11.3. The van der Waals surface area contributed by atoms with Gasteiger partial charge in [-0.3, -0.25) is 0 Å². The highest BCUT2D eigenvalue weighted by atomic mass is 16.7. The maximum Gasteiger partial charge on any atom is 0.187 e. The summed E-state index contributed by atoms with van der Waals surface area (Å²) < 4.78 is 25.7. The quantitative estimate of drug-likeness (QED) is 0.352. The number of aliphatic hydroxyl groups is 4. The first-order chi connectivity index (χ1) is 11.9. The molecule has 2 aliphatic heterocycles. The molecule has 0 spiro atoms. The van der Waals surface area contributed by atoms with E-state index in [1.165, 1.54) is 14.2 Å². The third-order valence-electron chi connectivity index (χ3n) is 4.41. The van der Waals surface area contributed by atoms with E-state index in [-0.39, 0.29) is 0 Å². The van der Waals surface area contributed by atoms with Crippen LogP contribution in [-0.2, 0) is 23.7 Å². The van der Waals surface area contributed by atoms with E-state index in [0.29, 0.717) is 0 Å². The minimum Gasteiger partial charge on any atom is -0.853 e. The van der Waals surface area contributed by atoms with E-state index >= 15 is 0 Å². The Bertz CT molecular complexity index is 406. The highest BCUT2D eigenvalue weighted by molar-refractivity contribution is 4.94. The van der Waals surface area contributed by atoms with Crippen LogP contribution >= 0.6 is 0 Å². The molecule has 0 amide bonds. The van der Waals surface area contributed by atoms with Crippen molar-refractivity contribution in [3.63, 3.8) is 0 Å². The average Bonchev–Trinajstić information content (AvgIpc) is 2.62. The van der Waals surface area contributed by atoms with Crippen molar-refractivity contribution >= 4 is 0 Å². The molecule has 0 saturated carbocycles. The molecular weight excluding hydrogens is 344 g/mol. The molecule has 0 bridgehead atoms. The standard InChI is InChI=1S/C14H24O11/c1-21-11-5(3-15)24-14(10(20)7(11)17)25-12-6(4-16)23-13(22-2)9(19)8(12)18/h5-14,17-20H,3-4H2,1-2H3/q-2. The molecule has 11 heteroatoms. The van der Waals surface area contributed by atoms with Gasteiger partial charge in [0.1, 0.15) is 36.6 Å². The van der Waals surface area contributed by atoms with Gasteiger partial charge in [0.25, 0.3) is 0 Å². The van der Waals surface area contributed by atoms with Crippen molar-refractivity contribution < 1.29 is 54.3 Å². The molecule has 0 aromatic rings. The number of hydrogen-bond donors (Lipinski definition) is 4. The first kappa shape index (κ1) is 20.9. The van der Waals surface area contributed by atoms with Crippen LogP contribution < -0.4 is 10.2 Å². The molecule has 25 heavy (non-hydrogen) atoms. The van der Waals surface area contributed by atoms with Crippen LogP contribution in [0.3, 0.4) is 0 Å². The minimum atomic E-state index is -1.61. The van der Waals surface area contributed by atoms with Crippen LogP contribution in [0.2, 0.25) is 0 Å². The second-order valence-electron chi connectivity index (χ2n) is 5.92. The van der Waals surface area contributed by atoms with Gasteiger partial charge in [-0.1, -0.05) is 0 Å². The van der Waals surface area contributed by atoms with Crippen molar-refractivity contribution in [3.8, 4) is 0 Å². The summed E-state index contributed by atoms with van der Waals surface area (Å²) in [5.41, 5.74) is 0. The summed E-state index contributed by atoms with van der Waals surface area (Å²) in [4.78, 5) is 0. The van der Waals surface area contributed by atoms with E-state index in [1.54, 1.807) is 0 Å². The maximum atomic E-state index is 11.3. The number of rotatable bonds is 6. The lowest BCUT2D eigenvalue weighted by molar-refractivity contribution is -0.435. The van der Waals surface area contributed by atoms with Crippen molar-refractivity contribution in [1.29, 1.82) is 0 Å². The van der Waals surface area contributed by atoms with Gasteiger partial charge in [-0.15, -0.1) is 13.2 Å². The summed E-state index contributed by atoms with van der Waals surface area (Å²) in [5, 5.41) is 62.9. The van der Waals surface area contributed by atoms with E-state index in [1.807, 2.05) is 0 Å². The van der Waals surface area contributed by atoms with Crippen LogP contribution in [0.15, 0.2) is 0 Å². The first-order valence-corrected chi connectivity index (χ1v) is 7.80. The van der Waals surface area contributed by atoms with Gasteiger partial charge in [-0.25, -0.2) is 0 Å². The summed E-state index contributed by atoms with van der Waals surface area (Å²) in [6, 6.07) is 0. The lowest BCUT2D eigenvalue weighted by atomic mass is 9.97. The molecule has 0 aliphatic carbocycles. The summed E-state index contributed by atoms with van der Waals surface area (Å²) in [7, 11) is 2.49. The fraction of sp³-hybridized carbons (Fsp3) is 1.00. The molecule has 4 N–H and O–H groups in total. The Labute approximate surface area is 144 Å². The number of hydrogen-bond acceptors (Lipinski definition) is 11. The molecule has 0 radical (unpaired) electrons. The zero-order chi connectivity index (χ0) is 18.7. The largest absolute Gasteiger partial charge is 0.853 e. The smallest absolute Gasteiger partial charge is 0.187 e. The van der Waals surface area contributed by atoms with Crippen LogP contribution in [0.4, 0.5) is 0 Å². The Morgan fingerprint density at radius 3 is 1.72 bits per heavy atom. The molecule has 10 unspecified atom stereocenters. The van der Waals surface area contributed by atoms with Crippen molar-refractivity contribution in [3.05, 3.63) is 0 Å². The van der Waals surface area contributed by atoms with Crippen LogP contribution in [0.25, 0.3) is 0 Å². The van der Waals surface area contributed by atoms with Gasteiger partial charge in [0.15, 0.2) is 12.6 Å². The third-order valence-corrected chi connectivity index (χ3v) is 4.41. The van der Waals surface area contributed by atoms with E-state index < -0.39 is 74.6 Å². The van der Waals surface area contributed by atoms with E-state index in [2.05, 4.69) is 0 Å². The lowest BCUT2D eigenvalue weighted by Crippen LogP contribution is -2.65. The normalized spacial score (nSPS) is 48.5. The second-order valence-corrected chi connectivity index (χ2v) is 5.92. The molecule has 11 nitrogen and oxygen atoms in total. The van der Waals surface area contributed by atoms with Crippen LogP contribution in [0, 0.1) is 0 Å². The highest BCUT2D eigenvalue weighted by Gasteiger charge is 2.49. The van der Waals surface area contributed by atoms with Gasteiger partial charge in [-0.2, -0.15) is 0 Å². The Morgan fingerprint density at radius 1 is 0.720 bits per heavy atom. The Hall–Kier alpha value is -0.440. The minimum absolute atomic E-state index is 0.773. The fourth-order valence-electron chi connectivity index (χ4n) is 3.00. The van der Waals surface area contributed by atoms with Gasteiger partial charge in [0.2, 0.25) is 0 Å². The van der Waals surface area contributed by atoms with Crippen molar-refractivity contribution in [2.45, 2.75) is 61.4 Å². The summed E-state index contributed by atoms with van der Waals surface area (Å²) in [5.74, 6) is 0. The molecule has 2 aliphatic rings. The summed E-state index contributed by atoms with van der Waals surface area (Å²) in [6.45, 7) is -1.60. The molecule has 0 aromatic heterocycles. The van der Waals surface area contributed by atoms with Crippen LogP contribution in [0.1, 0.15) is 0 Å². The molecule has 2 saturated heterocycles. The monoisotopic (exact) mass is 368 g/mol. The molecule has 2 fully saturated rings. The molecule has 0 aromatic carbocycles. The average molecular weight is 368 g/mol. The molecule has 2 heterocycles. The van der Waals surface area contributed by atoms with E-state index in [9.17, 15) is 30.6 Å². The Balaban J connectivity index is 2.13. The zero-order valence-electron chi connectivity index (χ0n) is 13.8. The predicted octanol–water partition coefficient (Wildman–Crippen LogP) is -5.35. The number of aliphatic hydroxyl groups excluding tert-OH is 4. The fourth-order valence-corrected chi connectivity index (χ4v) is 3.00. The molecule has 148 valence electrons. The van der Waals surface area contributed by atoms with Gasteiger partial charge in [0, 0.05) is 14.2 Å². The van der Waals surface area contributed by atoms with E-state index in [0.717, 1.165) is 0 Å². The van der Waals surface area contributed by atoms with Gasteiger partial charge in [0.05, 0.1) is 12.2 Å². The Kier molecular flexibility index (Phi) is 7.49. The first-order valence-electron chi connectivity index (χ1n) is 7.80. The molecule has 2 rings (SSSR count). The van der Waals surface area contributed by atoms with Gasteiger partial charge >= 0.3 is 0 Å². The highest BCUT2D eigenvalue weighted by Crippen LogP contribution is 2.29. The summed E-state index contributed by atoms with van der Waals surface area (Å²) in [6.07, 6.45) is -13.7. The topological polar surface area (TPSA) is 173 Å². The van der Waals surface area contributed by atoms with Crippen LogP contribution in [-0.4, -0.2) is 109 Å². The summed E-state index contributed by atoms with van der Waals surface area (Å²) >= 11 is 0. The van der Waals surface area contributed by atoms with Crippen molar-refractivity contribution in [2.24, 2.45) is 0 Å². The molecular formula is C14H24O11-2. The zero-order valence-corrected chi connectivity index (χ0v) is 13.8. The number of methoxy groups -OCH3 is 2. The van der Waals surface area contributed by atoms with Gasteiger partial charge in [-0.05, 0) is 0 Å². The van der Waals surface area contributed by atoms with Gasteiger partial charge < -0.3 is 54.3 Å². The lowest BCUT2D eigenvalue weighted by Gasteiger charge is -2.48. The predicted molar refractivity (Wildman–Crippen MR) is 73.8 cm³/mol. The molecule has 10 atom stereocenters.